The highest BCUT2D eigenvalue weighted by Gasteiger charge is 2.43. The first-order valence-corrected chi connectivity index (χ1v) is 10.7. The second-order valence-electron chi connectivity index (χ2n) is 6.96. The molecule has 4 N–H and O–H groups in total. The third kappa shape index (κ3) is 4.87. The van der Waals surface area contributed by atoms with Crippen LogP contribution in [0.3, 0.4) is 0 Å². The van der Waals surface area contributed by atoms with E-state index in [9.17, 15) is 24.8 Å². The summed E-state index contributed by atoms with van der Waals surface area (Å²) in [6.45, 7) is 1.94. The largest absolute Gasteiger partial charge is 0.494 e. The topological polar surface area (TPSA) is 90.2 Å². The summed E-state index contributed by atoms with van der Waals surface area (Å²) in [5, 5.41) is 39.3. The van der Waals surface area contributed by atoms with Crippen molar-refractivity contribution in [2.75, 3.05) is 13.2 Å². The number of halogens is 2. The van der Waals surface area contributed by atoms with Gasteiger partial charge in [0.1, 0.15) is 17.7 Å². The maximum atomic E-state index is 14.4. The fraction of sp³-hybridized carbons (Fsp3) is 0.429. The van der Waals surface area contributed by atoms with Gasteiger partial charge in [-0.1, -0.05) is 29.8 Å². The fourth-order valence-electron chi connectivity index (χ4n) is 3.42. The SMILES string of the molecule is CCOc1ccc(Cc2cc([C@@H]3S[C@H](CO)[C@@H](O)[C@H](O)[C@H]3O)ccc2Cl)c(F)c1. The maximum Gasteiger partial charge on any atom is 0.130 e. The van der Waals surface area contributed by atoms with Crippen LogP contribution in [-0.2, 0) is 6.42 Å². The van der Waals surface area contributed by atoms with Crippen LogP contribution in [0.4, 0.5) is 4.39 Å². The van der Waals surface area contributed by atoms with Gasteiger partial charge in [0.05, 0.1) is 35.9 Å². The first kappa shape index (κ1) is 22.3. The Kier molecular flexibility index (Phi) is 7.42. The van der Waals surface area contributed by atoms with Crippen molar-refractivity contribution in [3.63, 3.8) is 0 Å². The zero-order chi connectivity index (χ0) is 21.1. The number of hydrogen-bond acceptors (Lipinski definition) is 6. The van der Waals surface area contributed by atoms with Crippen LogP contribution in [0.15, 0.2) is 36.4 Å². The van der Waals surface area contributed by atoms with Crippen molar-refractivity contribution < 1.29 is 29.6 Å². The lowest BCUT2D eigenvalue weighted by Crippen LogP contribution is -2.51. The summed E-state index contributed by atoms with van der Waals surface area (Å²) >= 11 is 7.51. The minimum Gasteiger partial charge on any atom is -0.494 e. The first-order chi connectivity index (χ1) is 13.8. The Balaban J connectivity index is 1.87. The Morgan fingerprint density at radius 2 is 1.79 bits per heavy atom. The normalized spacial score (nSPS) is 27.1. The average molecular weight is 443 g/mol. The lowest BCUT2D eigenvalue weighted by molar-refractivity contribution is -0.0700. The van der Waals surface area contributed by atoms with Crippen LogP contribution < -0.4 is 4.74 Å². The first-order valence-electron chi connectivity index (χ1n) is 9.35. The molecule has 5 atom stereocenters. The molecule has 2 aromatic carbocycles. The molecule has 5 nitrogen and oxygen atoms in total. The van der Waals surface area contributed by atoms with E-state index in [0.717, 1.165) is 0 Å². The van der Waals surface area contributed by atoms with Crippen molar-refractivity contribution in [2.45, 2.75) is 42.2 Å². The van der Waals surface area contributed by atoms with Gasteiger partial charge in [0.15, 0.2) is 0 Å². The molecule has 1 aliphatic rings. The van der Waals surface area contributed by atoms with Crippen molar-refractivity contribution >= 4 is 23.4 Å². The molecule has 29 heavy (non-hydrogen) atoms. The summed E-state index contributed by atoms with van der Waals surface area (Å²) in [6, 6.07) is 9.83. The highest BCUT2D eigenvalue weighted by atomic mass is 35.5. The Morgan fingerprint density at radius 3 is 2.45 bits per heavy atom. The zero-order valence-electron chi connectivity index (χ0n) is 15.8. The molecule has 0 radical (unpaired) electrons. The molecular formula is C21H24ClFO5S. The van der Waals surface area contributed by atoms with Crippen molar-refractivity contribution in [1.82, 2.24) is 0 Å². The molecule has 1 saturated heterocycles. The molecule has 1 aliphatic heterocycles. The Labute approximate surface area is 178 Å². The van der Waals surface area contributed by atoms with Crippen LogP contribution in [0, 0.1) is 5.82 Å². The van der Waals surface area contributed by atoms with E-state index < -0.39 is 34.6 Å². The molecular weight excluding hydrogens is 419 g/mol. The fourth-order valence-corrected chi connectivity index (χ4v) is 5.01. The van der Waals surface area contributed by atoms with Crippen LogP contribution in [-0.4, -0.2) is 57.2 Å². The molecule has 0 spiro atoms. The number of aliphatic hydroxyl groups is 4. The third-order valence-corrected chi connectivity index (χ3v) is 7.00. The lowest BCUT2D eigenvalue weighted by atomic mass is 9.95. The monoisotopic (exact) mass is 442 g/mol. The lowest BCUT2D eigenvalue weighted by Gasteiger charge is -2.39. The molecule has 158 valence electrons. The van der Waals surface area contributed by atoms with Gasteiger partial charge in [-0.05, 0) is 35.7 Å². The number of thioether (sulfide) groups is 1. The number of ether oxygens (including phenoxy) is 1. The molecule has 3 rings (SSSR count). The molecule has 2 aromatic rings. The van der Waals surface area contributed by atoms with E-state index in [1.165, 1.54) is 17.8 Å². The summed E-state index contributed by atoms with van der Waals surface area (Å²) in [5.41, 5.74) is 1.80. The summed E-state index contributed by atoms with van der Waals surface area (Å²) < 4.78 is 19.7. The summed E-state index contributed by atoms with van der Waals surface area (Å²) in [7, 11) is 0. The van der Waals surface area contributed by atoms with Crippen molar-refractivity contribution in [1.29, 1.82) is 0 Å². The van der Waals surface area contributed by atoms with Crippen molar-refractivity contribution in [3.05, 3.63) is 63.9 Å². The summed E-state index contributed by atoms with van der Waals surface area (Å²) in [6.07, 6.45) is -3.57. The van der Waals surface area contributed by atoms with Crippen LogP contribution in [0.5, 0.6) is 5.75 Å². The van der Waals surface area contributed by atoms with E-state index in [-0.39, 0.29) is 13.0 Å². The standard InChI is InChI=1S/C21H24ClFO5S/c1-2-28-14-5-3-11(16(23)9-14)7-13-8-12(4-6-15(13)22)21-20(27)19(26)18(25)17(10-24)29-21/h3-6,8-9,17-21,24-27H,2,7,10H2,1H3/t17-,18-,19+,20-,21+/m1/s1. The minimum atomic E-state index is -1.37. The van der Waals surface area contributed by atoms with Gasteiger partial charge in [-0.3, -0.25) is 0 Å². The number of aliphatic hydroxyl groups excluding tert-OH is 4. The molecule has 0 bridgehead atoms. The molecule has 0 amide bonds. The van der Waals surface area contributed by atoms with Crippen LogP contribution >= 0.6 is 23.4 Å². The number of benzene rings is 2. The van der Waals surface area contributed by atoms with E-state index in [4.69, 9.17) is 16.3 Å². The predicted octanol–water partition coefficient (Wildman–Crippen LogP) is 2.70. The number of rotatable bonds is 6. The quantitative estimate of drug-likeness (QED) is 0.550. The van der Waals surface area contributed by atoms with Crippen LogP contribution in [0.1, 0.15) is 28.9 Å². The van der Waals surface area contributed by atoms with Crippen molar-refractivity contribution in [2.24, 2.45) is 0 Å². The van der Waals surface area contributed by atoms with Gasteiger partial charge in [0, 0.05) is 17.5 Å². The van der Waals surface area contributed by atoms with E-state index in [1.54, 1.807) is 30.3 Å². The molecule has 1 heterocycles. The summed E-state index contributed by atoms with van der Waals surface area (Å²) in [5.74, 6) is 0.0568. The average Bonchev–Trinajstić information content (AvgIpc) is 2.70. The van der Waals surface area contributed by atoms with Gasteiger partial charge in [0.25, 0.3) is 0 Å². The minimum absolute atomic E-state index is 0.243. The second-order valence-corrected chi connectivity index (χ2v) is 8.76. The van der Waals surface area contributed by atoms with E-state index >= 15 is 0 Å². The van der Waals surface area contributed by atoms with Gasteiger partial charge < -0.3 is 25.2 Å². The van der Waals surface area contributed by atoms with Gasteiger partial charge >= 0.3 is 0 Å². The molecule has 0 unspecified atom stereocenters. The zero-order valence-corrected chi connectivity index (χ0v) is 17.4. The molecule has 1 fully saturated rings. The highest BCUT2D eigenvalue weighted by molar-refractivity contribution is 8.00. The third-order valence-electron chi connectivity index (χ3n) is 5.01. The highest BCUT2D eigenvalue weighted by Crippen LogP contribution is 2.43. The second kappa shape index (κ2) is 9.64. The van der Waals surface area contributed by atoms with E-state index in [2.05, 4.69) is 0 Å². The molecule has 8 heteroatoms. The van der Waals surface area contributed by atoms with Crippen molar-refractivity contribution in [3.8, 4) is 5.75 Å². The van der Waals surface area contributed by atoms with Gasteiger partial charge in [-0.15, -0.1) is 11.8 Å². The Morgan fingerprint density at radius 1 is 1.03 bits per heavy atom. The van der Waals surface area contributed by atoms with E-state index in [0.29, 0.717) is 34.1 Å². The Hall–Kier alpha value is -1.35. The molecule has 0 aromatic heterocycles. The van der Waals surface area contributed by atoms with Gasteiger partial charge in [0.2, 0.25) is 0 Å². The van der Waals surface area contributed by atoms with E-state index in [1.807, 2.05) is 6.92 Å². The maximum absolute atomic E-state index is 14.4. The van der Waals surface area contributed by atoms with Crippen LogP contribution in [0.25, 0.3) is 0 Å². The molecule has 0 saturated carbocycles. The summed E-state index contributed by atoms with van der Waals surface area (Å²) in [4.78, 5) is 0. The number of hydrogen-bond donors (Lipinski definition) is 4. The smallest absolute Gasteiger partial charge is 0.130 e. The predicted molar refractivity (Wildman–Crippen MR) is 111 cm³/mol. The molecule has 0 aliphatic carbocycles. The van der Waals surface area contributed by atoms with Gasteiger partial charge in [-0.2, -0.15) is 0 Å². The van der Waals surface area contributed by atoms with Gasteiger partial charge in [-0.25, -0.2) is 4.39 Å². The van der Waals surface area contributed by atoms with Crippen LogP contribution in [0.2, 0.25) is 5.02 Å². The Bertz CT molecular complexity index is 850.